The molecule has 146 valence electrons. The number of hydrogen-bond acceptors (Lipinski definition) is 5. The molecule has 1 aromatic rings. The van der Waals surface area contributed by atoms with Crippen molar-refractivity contribution in [2.24, 2.45) is 0 Å². The van der Waals surface area contributed by atoms with E-state index in [2.05, 4.69) is 5.32 Å². The van der Waals surface area contributed by atoms with Gasteiger partial charge in [0, 0.05) is 31.6 Å². The molecule has 1 N–H and O–H groups in total. The highest BCUT2D eigenvalue weighted by Crippen LogP contribution is 2.21. The summed E-state index contributed by atoms with van der Waals surface area (Å²) in [5, 5.41) is 2.82. The van der Waals surface area contributed by atoms with E-state index in [1.54, 1.807) is 13.8 Å². The summed E-state index contributed by atoms with van der Waals surface area (Å²) in [7, 11) is -3.51. The molecular formula is C18H28N2O5S. The van der Waals surface area contributed by atoms with Crippen LogP contribution in [0.3, 0.4) is 0 Å². The number of amides is 1. The van der Waals surface area contributed by atoms with Crippen molar-refractivity contribution < 1.29 is 22.7 Å². The van der Waals surface area contributed by atoms with E-state index >= 15 is 0 Å². The van der Waals surface area contributed by atoms with Crippen molar-refractivity contribution in [1.82, 2.24) is 9.62 Å². The molecule has 1 aliphatic rings. The maximum absolute atomic E-state index is 12.5. The maximum Gasteiger partial charge on any atom is 0.251 e. The van der Waals surface area contributed by atoms with Crippen LogP contribution in [0.25, 0.3) is 0 Å². The Morgan fingerprint density at radius 1 is 1.15 bits per heavy atom. The van der Waals surface area contributed by atoms with Gasteiger partial charge in [-0.25, -0.2) is 8.42 Å². The Labute approximate surface area is 155 Å². The first-order chi connectivity index (χ1) is 12.3. The SMILES string of the molecule is CCN(CC)S(=O)(=O)c1ccc(C(=O)NCCC2(C)OCCCO2)cc1. The molecule has 1 saturated heterocycles. The quantitative estimate of drug-likeness (QED) is 0.741. The normalized spacial score (nSPS) is 17.2. The van der Waals surface area contributed by atoms with Crippen molar-refractivity contribution in [3.05, 3.63) is 29.8 Å². The van der Waals surface area contributed by atoms with Crippen LogP contribution in [0.5, 0.6) is 0 Å². The van der Waals surface area contributed by atoms with Gasteiger partial charge >= 0.3 is 0 Å². The largest absolute Gasteiger partial charge is 0.352 e. The summed E-state index contributed by atoms with van der Waals surface area (Å²) >= 11 is 0. The fraction of sp³-hybridized carbons (Fsp3) is 0.611. The number of nitrogens with zero attached hydrogens (tertiary/aromatic N) is 1. The Morgan fingerprint density at radius 3 is 2.27 bits per heavy atom. The Morgan fingerprint density at radius 2 is 1.73 bits per heavy atom. The van der Waals surface area contributed by atoms with E-state index in [0.29, 0.717) is 44.8 Å². The zero-order chi connectivity index (χ0) is 19.2. The number of rotatable bonds is 8. The lowest BCUT2D eigenvalue weighted by Gasteiger charge is -2.33. The number of ether oxygens (including phenoxy) is 2. The van der Waals surface area contributed by atoms with Crippen LogP contribution in [0.1, 0.15) is 44.0 Å². The third kappa shape index (κ3) is 5.03. The van der Waals surface area contributed by atoms with Gasteiger partial charge in [0.05, 0.1) is 18.1 Å². The van der Waals surface area contributed by atoms with E-state index in [-0.39, 0.29) is 10.8 Å². The molecule has 26 heavy (non-hydrogen) atoms. The topological polar surface area (TPSA) is 84.9 Å². The van der Waals surface area contributed by atoms with Crippen molar-refractivity contribution in [2.45, 2.75) is 44.3 Å². The van der Waals surface area contributed by atoms with Gasteiger partial charge in [0.25, 0.3) is 5.91 Å². The first-order valence-corrected chi connectivity index (χ1v) is 10.4. The Hall–Kier alpha value is -1.48. The van der Waals surface area contributed by atoms with Crippen LogP contribution in [0, 0.1) is 0 Å². The van der Waals surface area contributed by atoms with Gasteiger partial charge in [-0.15, -0.1) is 0 Å². The lowest BCUT2D eigenvalue weighted by Crippen LogP contribution is -2.41. The monoisotopic (exact) mass is 384 g/mol. The Bertz CT molecular complexity index is 693. The van der Waals surface area contributed by atoms with Gasteiger partial charge in [-0.2, -0.15) is 4.31 Å². The minimum Gasteiger partial charge on any atom is -0.352 e. The summed E-state index contributed by atoms with van der Waals surface area (Å²) < 4.78 is 37.5. The zero-order valence-electron chi connectivity index (χ0n) is 15.7. The van der Waals surface area contributed by atoms with Crippen molar-refractivity contribution in [3.8, 4) is 0 Å². The van der Waals surface area contributed by atoms with E-state index in [1.807, 2.05) is 6.92 Å². The second kappa shape index (κ2) is 8.94. The summed E-state index contributed by atoms with van der Waals surface area (Å²) in [4.78, 5) is 12.4. The summed E-state index contributed by atoms with van der Waals surface area (Å²) in [5.41, 5.74) is 0.416. The molecule has 1 aromatic carbocycles. The lowest BCUT2D eigenvalue weighted by atomic mass is 10.2. The van der Waals surface area contributed by atoms with Gasteiger partial charge in [-0.05, 0) is 37.6 Å². The van der Waals surface area contributed by atoms with Crippen molar-refractivity contribution in [2.75, 3.05) is 32.8 Å². The zero-order valence-corrected chi connectivity index (χ0v) is 16.5. The van der Waals surface area contributed by atoms with Crippen molar-refractivity contribution in [3.63, 3.8) is 0 Å². The van der Waals surface area contributed by atoms with Crippen molar-refractivity contribution >= 4 is 15.9 Å². The number of carbonyl (C=O) groups excluding carboxylic acids is 1. The first-order valence-electron chi connectivity index (χ1n) is 8.98. The number of hydrogen-bond donors (Lipinski definition) is 1. The molecule has 1 aliphatic heterocycles. The third-order valence-corrected chi connectivity index (χ3v) is 6.49. The van der Waals surface area contributed by atoms with Crippen LogP contribution in [-0.4, -0.2) is 57.3 Å². The van der Waals surface area contributed by atoms with Crippen LogP contribution in [0.4, 0.5) is 0 Å². The molecule has 0 aromatic heterocycles. The molecule has 0 atom stereocenters. The highest BCUT2D eigenvalue weighted by molar-refractivity contribution is 7.89. The van der Waals surface area contributed by atoms with Crippen LogP contribution in [0.15, 0.2) is 29.2 Å². The summed E-state index contributed by atoms with van der Waals surface area (Å²) in [6, 6.07) is 6.00. The number of carbonyl (C=O) groups is 1. The van der Waals surface area contributed by atoms with Gasteiger partial charge in [-0.3, -0.25) is 4.79 Å². The Balaban J connectivity index is 1.94. The van der Waals surface area contributed by atoms with E-state index in [9.17, 15) is 13.2 Å². The molecule has 8 heteroatoms. The van der Waals surface area contributed by atoms with Gasteiger partial charge < -0.3 is 14.8 Å². The molecule has 0 bridgehead atoms. The van der Waals surface area contributed by atoms with Crippen LogP contribution in [0.2, 0.25) is 0 Å². The van der Waals surface area contributed by atoms with Crippen LogP contribution in [-0.2, 0) is 19.5 Å². The summed E-state index contributed by atoms with van der Waals surface area (Å²) in [6.45, 7) is 8.00. The summed E-state index contributed by atoms with van der Waals surface area (Å²) in [6.07, 6.45) is 1.43. The van der Waals surface area contributed by atoms with Crippen molar-refractivity contribution in [1.29, 1.82) is 0 Å². The number of sulfonamides is 1. The molecule has 0 radical (unpaired) electrons. The standard InChI is InChI=1S/C18H28N2O5S/c1-4-20(5-2)26(22,23)16-9-7-15(8-10-16)17(21)19-12-11-18(3)24-13-6-14-25-18/h7-10H,4-6,11-14H2,1-3H3,(H,19,21). The predicted molar refractivity (Wildman–Crippen MR) is 98.4 cm³/mol. The molecule has 0 spiro atoms. The molecule has 1 amide bonds. The van der Waals surface area contributed by atoms with Gasteiger partial charge in [0.2, 0.25) is 10.0 Å². The fourth-order valence-electron chi connectivity index (χ4n) is 2.82. The van der Waals surface area contributed by atoms with E-state index in [1.165, 1.54) is 28.6 Å². The summed E-state index contributed by atoms with van der Waals surface area (Å²) in [5.74, 6) is -0.913. The van der Waals surface area contributed by atoms with E-state index < -0.39 is 15.8 Å². The average Bonchev–Trinajstić information content (AvgIpc) is 2.63. The second-order valence-corrected chi connectivity index (χ2v) is 8.24. The molecular weight excluding hydrogens is 356 g/mol. The second-order valence-electron chi connectivity index (χ2n) is 6.30. The molecule has 0 saturated carbocycles. The molecule has 2 rings (SSSR count). The van der Waals surface area contributed by atoms with Gasteiger partial charge in [0.1, 0.15) is 0 Å². The molecule has 7 nitrogen and oxygen atoms in total. The third-order valence-electron chi connectivity index (χ3n) is 4.43. The molecule has 1 fully saturated rings. The highest BCUT2D eigenvalue weighted by Gasteiger charge is 2.28. The maximum atomic E-state index is 12.5. The molecule has 0 unspecified atom stereocenters. The smallest absolute Gasteiger partial charge is 0.251 e. The van der Waals surface area contributed by atoms with Crippen LogP contribution < -0.4 is 5.32 Å². The minimum atomic E-state index is -3.51. The number of benzene rings is 1. The highest BCUT2D eigenvalue weighted by atomic mass is 32.2. The minimum absolute atomic E-state index is 0.189. The van der Waals surface area contributed by atoms with Gasteiger partial charge in [-0.1, -0.05) is 13.8 Å². The van der Waals surface area contributed by atoms with E-state index in [0.717, 1.165) is 6.42 Å². The van der Waals surface area contributed by atoms with Crippen LogP contribution >= 0.6 is 0 Å². The van der Waals surface area contributed by atoms with E-state index in [4.69, 9.17) is 9.47 Å². The lowest BCUT2D eigenvalue weighted by molar-refractivity contribution is -0.257. The molecule has 1 heterocycles. The predicted octanol–water partition coefficient (Wildman–Crippen LogP) is 1.99. The number of nitrogens with one attached hydrogen (secondary N) is 1. The first kappa shape index (κ1) is 20.8. The van der Waals surface area contributed by atoms with Gasteiger partial charge in [0.15, 0.2) is 5.79 Å². The Kier molecular flexibility index (Phi) is 7.16. The fourth-order valence-corrected chi connectivity index (χ4v) is 4.28. The molecule has 0 aliphatic carbocycles. The average molecular weight is 384 g/mol.